The van der Waals surface area contributed by atoms with E-state index in [0.717, 1.165) is 13.3 Å². The van der Waals surface area contributed by atoms with Gasteiger partial charge >= 0.3 is 0 Å². The van der Waals surface area contributed by atoms with Crippen LogP contribution < -0.4 is 16.6 Å². The molecule has 1 unspecified atom stereocenters. The van der Waals surface area contributed by atoms with Crippen LogP contribution in [-0.4, -0.2) is 23.4 Å². The van der Waals surface area contributed by atoms with Gasteiger partial charge in [-0.1, -0.05) is 18.2 Å². The number of rotatable bonds is 5. The fraction of sp³-hybridized carbons (Fsp3) is 0.438. The zero-order chi connectivity index (χ0) is 18.4. The maximum Gasteiger partial charge on any atom is 0.261 e. The van der Waals surface area contributed by atoms with Crippen molar-refractivity contribution in [3.63, 3.8) is 0 Å². The molecule has 1 amide bonds. The van der Waals surface area contributed by atoms with E-state index in [2.05, 4.69) is 16.8 Å². The number of carbonyl (C=O) groups is 1. The van der Waals surface area contributed by atoms with E-state index < -0.39 is 12.8 Å². The molecule has 0 saturated heterocycles. The van der Waals surface area contributed by atoms with Gasteiger partial charge in [-0.3, -0.25) is 16.1 Å². The van der Waals surface area contributed by atoms with E-state index in [1.165, 1.54) is 40.8 Å². The average molecular weight is 479 g/mol. The van der Waals surface area contributed by atoms with E-state index in [9.17, 15) is 17.6 Å². The minimum atomic E-state index is -4.15. The predicted octanol–water partition coefficient (Wildman–Crippen LogP) is 2.13. The largest absolute Gasteiger partial charge is 0.326 e. The smallest absolute Gasteiger partial charge is 0.261 e. The van der Waals surface area contributed by atoms with Crippen LogP contribution in [0.15, 0.2) is 41.3 Å². The van der Waals surface area contributed by atoms with Gasteiger partial charge in [0.2, 0.25) is 15.7 Å². The van der Waals surface area contributed by atoms with Crippen LogP contribution in [0.2, 0.25) is 0 Å². The summed E-state index contributed by atoms with van der Waals surface area (Å²) in [6.07, 6.45) is 4.96. The number of carbonyl (C=O) groups excluding carboxylic acids is 1. The molecule has 2 bridgehead atoms. The van der Waals surface area contributed by atoms with E-state index >= 15 is 0 Å². The number of nitrogens with two attached hydrogens (primary N) is 1. The molecule has 1 aromatic carbocycles. The highest BCUT2D eigenvalue weighted by Gasteiger charge is 2.47. The maximum atomic E-state index is 14.0. The van der Waals surface area contributed by atoms with Gasteiger partial charge in [0.25, 0.3) is 3.01 Å². The van der Waals surface area contributed by atoms with Gasteiger partial charge < -0.3 is 5.32 Å². The molecule has 0 aliphatic heterocycles. The first-order valence-electron chi connectivity index (χ1n) is 7.83. The maximum absolute atomic E-state index is 14.0. The second-order valence-electron chi connectivity index (χ2n) is 6.49. The number of fused-ring (bicyclic) bond motifs is 2. The number of amides is 1. The molecule has 0 spiro atoms. The molecule has 136 valence electrons. The summed E-state index contributed by atoms with van der Waals surface area (Å²) in [5.74, 6) is 5.37. The number of hydrogen-bond acceptors (Lipinski definition) is 5. The molecule has 1 saturated carbocycles. The van der Waals surface area contributed by atoms with E-state index in [0.29, 0.717) is 5.69 Å². The molecule has 5 atom stereocenters. The van der Waals surface area contributed by atoms with Crippen LogP contribution in [0.1, 0.15) is 13.3 Å². The molecule has 0 heterocycles. The van der Waals surface area contributed by atoms with Crippen LogP contribution in [0, 0.1) is 17.8 Å². The number of hydrazine groups is 1. The van der Waals surface area contributed by atoms with Crippen molar-refractivity contribution < 1.29 is 17.6 Å². The third-order valence-electron chi connectivity index (χ3n) is 4.84. The van der Waals surface area contributed by atoms with Crippen molar-refractivity contribution in [2.24, 2.45) is 23.6 Å². The number of anilines is 1. The zero-order valence-corrected chi connectivity index (χ0v) is 16.4. The van der Waals surface area contributed by atoms with Gasteiger partial charge in [-0.2, -0.15) is 0 Å². The quantitative estimate of drug-likeness (QED) is 0.198. The van der Waals surface area contributed by atoms with Crippen molar-refractivity contribution in [3.8, 4) is 0 Å². The summed E-state index contributed by atoms with van der Waals surface area (Å²) in [5.41, 5.74) is 3.02. The topological polar surface area (TPSA) is 101 Å². The lowest BCUT2D eigenvalue weighted by atomic mass is 9.88. The van der Waals surface area contributed by atoms with E-state index in [1.54, 1.807) is 6.07 Å². The molecular weight excluding hydrogens is 460 g/mol. The van der Waals surface area contributed by atoms with Gasteiger partial charge in [0.1, 0.15) is 0 Å². The normalized spacial score (nSPS) is 30.2. The Labute approximate surface area is 159 Å². The summed E-state index contributed by atoms with van der Waals surface area (Å²) in [7, 11) is -4.15. The second kappa shape index (κ2) is 6.60. The first kappa shape index (κ1) is 18.7. The highest BCUT2D eigenvalue weighted by molar-refractivity contribution is 14.1. The Kier molecular flexibility index (Phi) is 4.95. The zero-order valence-electron chi connectivity index (χ0n) is 13.4. The lowest BCUT2D eigenvalue weighted by Gasteiger charge is -2.26. The first-order valence-corrected chi connectivity index (χ1v) is 10.4. The van der Waals surface area contributed by atoms with E-state index in [1.807, 2.05) is 6.08 Å². The van der Waals surface area contributed by atoms with Crippen molar-refractivity contribution in [2.75, 3.05) is 5.32 Å². The number of halogens is 2. The predicted molar refractivity (Wildman–Crippen MR) is 101 cm³/mol. The molecule has 1 aromatic rings. The molecule has 0 radical (unpaired) electrons. The highest BCUT2D eigenvalue weighted by Crippen LogP contribution is 2.44. The number of benzene rings is 1. The second-order valence-corrected chi connectivity index (χ2v) is 11.5. The summed E-state index contributed by atoms with van der Waals surface area (Å²) in [5, 5.41) is 2.74. The summed E-state index contributed by atoms with van der Waals surface area (Å²) in [6.45, 7) is 0.979. The van der Waals surface area contributed by atoms with Crippen molar-refractivity contribution in [1.82, 2.24) is 5.43 Å². The summed E-state index contributed by atoms with van der Waals surface area (Å²) in [4.78, 5) is 12.5. The number of sulfone groups is 1. The molecule has 2 aliphatic rings. The van der Waals surface area contributed by atoms with Gasteiger partial charge in [-0.15, -0.1) is 0 Å². The molecule has 9 heteroatoms. The molecule has 25 heavy (non-hydrogen) atoms. The van der Waals surface area contributed by atoms with Gasteiger partial charge in [-0.25, -0.2) is 12.8 Å². The van der Waals surface area contributed by atoms with Crippen LogP contribution in [-0.2, 0) is 14.6 Å². The lowest BCUT2D eigenvalue weighted by Crippen LogP contribution is -2.47. The van der Waals surface area contributed by atoms with Crippen LogP contribution in [0.25, 0.3) is 0 Å². The molecule has 2 aliphatic carbocycles. The third kappa shape index (κ3) is 3.34. The Morgan fingerprint density at radius 2 is 2.04 bits per heavy atom. The monoisotopic (exact) mass is 479 g/mol. The van der Waals surface area contributed by atoms with Crippen LogP contribution in [0.5, 0.6) is 0 Å². The number of alkyl halides is 2. The van der Waals surface area contributed by atoms with Gasteiger partial charge in [0, 0.05) is 11.7 Å². The Bertz CT molecular complexity index is 822. The molecular formula is C16H19FIN3O3S. The summed E-state index contributed by atoms with van der Waals surface area (Å²) >= 11 is 1.24. The van der Waals surface area contributed by atoms with Gasteiger partial charge in [-0.05, 0) is 66.0 Å². The van der Waals surface area contributed by atoms with E-state index in [4.69, 9.17) is 5.84 Å². The SMILES string of the molecule is CC(F)(I)S(=O)(=O)c1cccc(NC(=O)[C@@H]2[C@H](NN)[C@@H]3C=C[C@@H]2C3)c1. The third-order valence-corrected chi connectivity index (χ3v) is 8.40. The first-order chi connectivity index (χ1) is 11.6. The fourth-order valence-electron chi connectivity index (χ4n) is 3.58. The number of nitrogens with one attached hydrogen (secondary N) is 2. The van der Waals surface area contributed by atoms with Gasteiger partial charge in [0.05, 0.1) is 10.8 Å². The molecule has 1 fully saturated rings. The summed E-state index contributed by atoms with van der Waals surface area (Å²) in [6, 6.07) is 5.49. The van der Waals surface area contributed by atoms with Crippen molar-refractivity contribution in [1.29, 1.82) is 0 Å². The standard InChI is InChI=1S/C16H19FIN3O3S/c1-16(17,18)25(23,24)12-4-2-3-11(8-12)20-15(22)13-9-5-6-10(7-9)14(13)21-19/h2-6,8-10,13-14,21H,7,19H2,1H3,(H,20,22)/t9-,10-,13+,14-,16?/m1/s1. The Balaban J connectivity index is 1.81. The Morgan fingerprint density at radius 3 is 2.68 bits per heavy atom. The van der Waals surface area contributed by atoms with Crippen LogP contribution in [0.3, 0.4) is 0 Å². The van der Waals surface area contributed by atoms with Crippen LogP contribution >= 0.6 is 22.6 Å². The highest BCUT2D eigenvalue weighted by atomic mass is 127. The van der Waals surface area contributed by atoms with Gasteiger partial charge in [0.15, 0.2) is 0 Å². The minimum absolute atomic E-state index is 0.112. The average Bonchev–Trinajstić information content (AvgIpc) is 3.14. The van der Waals surface area contributed by atoms with E-state index in [-0.39, 0.29) is 34.6 Å². The van der Waals surface area contributed by atoms with Crippen molar-refractivity contribution in [2.45, 2.75) is 27.3 Å². The van der Waals surface area contributed by atoms with Crippen molar-refractivity contribution >= 4 is 44.0 Å². The molecule has 0 aromatic heterocycles. The van der Waals surface area contributed by atoms with Crippen LogP contribution in [0.4, 0.5) is 10.1 Å². The number of hydrogen-bond donors (Lipinski definition) is 3. The lowest BCUT2D eigenvalue weighted by molar-refractivity contribution is -0.121. The molecule has 3 rings (SSSR count). The number of allylic oxidation sites excluding steroid dienone is 1. The minimum Gasteiger partial charge on any atom is -0.326 e. The fourth-order valence-corrected chi connectivity index (χ4v) is 5.30. The van der Waals surface area contributed by atoms with Crippen molar-refractivity contribution in [3.05, 3.63) is 36.4 Å². The molecule has 6 nitrogen and oxygen atoms in total. The summed E-state index contributed by atoms with van der Waals surface area (Å²) < 4.78 is 36.0. The molecule has 4 N–H and O–H groups in total. The Hall–Kier alpha value is -1.04. The Morgan fingerprint density at radius 1 is 1.36 bits per heavy atom.